The molecular formula is C14H19NO2S. The Morgan fingerprint density at radius 2 is 2.22 bits per heavy atom. The van der Waals surface area contributed by atoms with E-state index in [2.05, 4.69) is 11.9 Å². The summed E-state index contributed by atoms with van der Waals surface area (Å²) < 4.78 is 0. The van der Waals surface area contributed by atoms with Crippen molar-refractivity contribution in [2.24, 2.45) is 5.92 Å². The topological polar surface area (TPSA) is 50.2 Å². The Morgan fingerprint density at radius 1 is 1.44 bits per heavy atom. The van der Waals surface area contributed by atoms with Gasteiger partial charge < -0.3 is 5.11 Å². The molecule has 1 N–H and O–H groups in total. The largest absolute Gasteiger partial charge is 0.478 e. The monoisotopic (exact) mass is 265 g/mol. The van der Waals surface area contributed by atoms with E-state index in [0.717, 1.165) is 16.6 Å². The van der Waals surface area contributed by atoms with Gasteiger partial charge in [-0.15, -0.1) is 11.8 Å². The first-order valence-electron chi connectivity index (χ1n) is 6.43. The van der Waals surface area contributed by atoms with Crippen molar-refractivity contribution < 1.29 is 9.90 Å². The first-order chi connectivity index (χ1) is 8.54. The lowest BCUT2D eigenvalue weighted by molar-refractivity contribution is 0.0696. The maximum absolute atomic E-state index is 11.0. The molecule has 1 aliphatic rings. The van der Waals surface area contributed by atoms with Gasteiger partial charge in [-0.25, -0.2) is 9.78 Å². The molecule has 0 amide bonds. The van der Waals surface area contributed by atoms with Gasteiger partial charge in [0, 0.05) is 10.9 Å². The Balaban J connectivity index is 2.10. The second-order valence-corrected chi connectivity index (χ2v) is 6.47. The standard InChI is InChI=1S/C14H19NO2S/c1-9-4-3-5-12(6-9)18-13-8-11(14(16)17)7-10(2)15-13/h7-9,12H,3-6H2,1-2H3,(H,16,17). The Morgan fingerprint density at radius 3 is 2.89 bits per heavy atom. The fraction of sp³-hybridized carbons (Fsp3) is 0.571. The smallest absolute Gasteiger partial charge is 0.335 e. The van der Waals surface area contributed by atoms with Crippen LogP contribution in [0.15, 0.2) is 17.2 Å². The molecule has 3 nitrogen and oxygen atoms in total. The number of carboxylic acid groups (broad SMARTS) is 1. The Hall–Kier alpha value is -1.03. The van der Waals surface area contributed by atoms with Gasteiger partial charge in [0.05, 0.1) is 10.6 Å². The van der Waals surface area contributed by atoms with Gasteiger partial charge in [0.25, 0.3) is 0 Å². The number of carboxylic acids is 1. The minimum absolute atomic E-state index is 0.342. The molecular weight excluding hydrogens is 246 g/mol. The maximum atomic E-state index is 11.0. The molecule has 0 aliphatic heterocycles. The Kier molecular flexibility index (Phi) is 4.27. The van der Waals surface area contributed by atoms with Gasteiger partial charge in [0.2, 0.25) is 0 Å². The highest BCUT2D eigenvalue weighted by molar-refractivity contribution is 7.99. The molecule has 0 bridgehead atoms. The lowest BCUT2D eigenvalue weighted by Gasteiger charge is -2.25. The number of rotatable bonds is 3. The molecule has 1 aromatic rings. The molecule has 1 fully saturated rings. The predicted octanol–water partition coefficient (Wildman–Crippen LogP) is 3.76. The lowest BCUT2D eigenvalue weighted by atomic mass is 9.91. The van der Waals surface area contributed by atoms with Crippen LogP contribution in [0.2, 0.25) is 0 Å². The minimum Gasteiger partial charge on any atom is -0.478 e. The molecule has 2 atom stereocenters. The van der Waals surface area contributed by atoms with Crippen LogP contribution in [-0.2, 0) is 0 Å². The molecule has 1 saturated carbocycles. The molecule has 1 aromatic heterocycles. The Bertz CT molecular complexity index is 447. The Labute approximate surface area is 112 Å². The summed E-state index contributed by atoms with van der Waals surface area (Å²) in [5.74, 6) is -0.0978. The quantitative estimate of drug-likeness (QED) is 0.904. The van der Waals surface area contributed by atoms with Crippen LogP contribution >= 0.6 is 11.8 Å². The SMILES string of the molecule is Cc1cc(C(=O)O)cc(SC2CCCC(C)C2)n1. The van der Waals surface area contributed by atoms with E-state index in [1.165, 1.54) is 25.7 Å². The van der Waals surface area contributed by atoms with Crippen molar-refractivity contribution in [2.45, 2.75) is 49.8 Å². The van der Waals surface area contributed by atoms with Crippen molar-refractivity contribution >= 4 is 17.7 Å². The molecule has 0 radical (unpaired) electrons. The fourth-order valence-corrected chi connectivity index (χ4v) is 3.92. The van der Waals surface area contributed by atoms with E-state index in [1.54, 1.807) is 23.9 Å². The zero-order valence-electron chi connectivity index (χ0n) is 10.8. The number of nitrogens with zero attached hydrogens (tertiary/aromatic N) is 1. The van der Waals surface area contributed by atoms with Gasteiger partial charge >= 0.3 is 5.97 Å². The van der Waals surface area contributed by atoms with E-state index >= 15 is 0 Å². The summed E-state index contributed by atoms with van der Waals surface area (Å²) in [6.45, 7) is 4.14. The van der Waals surface area contributed by atoms with Gasteiger partial charge in [-0.3, -0.25) is 0 Å². The number of thioether (sulfide) groups is 1. The molecule has 4 heteroatoms. The van der Waals surface area contributed by atoms with Crippen LogP contribution in [0.5, 0.6) is 0 Å². The molecule has 18 heavy (non-hydrogen) atoms. The van der Waals surface area contributed by atoms with Crippen LogP contribution in [0.4, 0.5) is 0 Å². The van der Waals surface area contributed by atoms with Crippen LogP contribution in [0.3, 0.4) is 0 Å². The van der Waals surface area contributed by atoms with Gasteiger partial charge in [0.1, 0.15) is 0 Å². The van der Waals surface area contributed by atoms with Crippen LogP contribution in [0.25, 0.3) is 0 Å². The van der Waals surface area contributed by atoms with Crippen molar-refractivity contribution in [1.82, 2.24) is 4.98 Å². The van der Waals surface area contributed by atoms with Gasteiger partial charge in [-0.05, 0) is 37.8 Å². The van der Waals surface area contributed by atoms with Crippen molar-refractivity contribution in [3.63, 3.8) is 0 Å². The summed E-state index contributed by atoms with van der Waals surface area (Å²) in [6, 6.07) is 3.31. The summed E-state index contributed by atoms with van der Waals surface area (Å²) in [5, 5.41) is 10.5. The molecule has 2 rings (SSSR count). The summed E-state index contributed by atoms with van der Waals surface area (Å²) in [6.07, 6.45) is 5.02. The third-order valence-electron chi connectivity index (χ3n) is 3.35. The number of aromatic nitrogens is 1. The van der Waals surface area contributed by atoms with Gasteiger partial charge in [0.15, 0.2) is 0 Å². The molecule has 98 valence electrons. The minimum atomic E-state index is -0.876. The highest BCUT2D eigenvalue weighted by Gasteiger charge is 2.20. The van der Waals surface area contributed by atoms with Crippen molar-refractivity contribution in [1.29, 1.82) is 0 Å². The number of aryl methyl sites for hydroxylation is 1. The van der Waals surface area contributed by atoms with E-state index in [1.807, 2.05) is 6.92 Å². The third kappa shape index (κ3) is 3.48. The zero-order valence-corrected chi connectivity index (χ0v) is 11.7. The molecule has 0 aromatic carbocycles. The summed E-state index contributed by atoms with van der Waals surface area (Å²) in [4.78, 5) is 15.4. The van der Waals surface area contributed by atoms with Crippen molar-refractivity contribution in [3.05, 3.63) is 23.4 Å². The second kappa shape index (κ2) is 5.74. The second-order valence-electron chi connectivity index (χ2n) is 5.15. The first kappa shape index (κ1) is 13.4. The highest BCUT2D eigenvalue weighted by Crippen LogP contribution is 2.35. The van der Waals surface area contributed by atoms with E-state index in [0.29, 0.717) is 10.8 Å². The van der Waals surface area contributed by atoms with Crippen molar-refractivity contribution in [2.75, 3.05) is 0 Å². The number of carbonyl (C=O) groups is 1. The normalized spacial score (nSPS) is 23.9. The number of hydrogen-bond donors (Lipinski definition) is 1. The number of aromatic carboxylic acids is 1. The zero-order chi connectivity index (χ0) is 13.1. The van der Waals surface area contributed by atoms with Crippen LogP contribution in [-0.4, -0.2) is 21.3 Å². The van der Waals surface area contributed by atoms with Crippen molar-refractivity contribution in [3.8, 4) is 0 Å². The average molecular weight is 265 g/mol. The molecule has 0 saturated heterocycles. The van der Waals surface area contributed by atoms with Crippen LogP contribution < -0.4 is 0 Å². The molecule has 1 heterocycles. The van der Waals surface area contributed by atoms with E-state index in [9.17, 15) is 4.79 Å². The maximum Gasteiger partial charge on any atom is 0.335 e. The lowest BCUT2D eigenvalue weighted by Crippen LogP contribution is -2.15. The third-order valence-corrected chi connectivity index (χ3v) is 4.56. The number of hydrogen-bond acceptors (Lipinski definition) is 3. The molecule has 2 unspecified atom stereocenters. The van der Waals surface area contributed by atoms with Gasteiger partial charge in [-0.1, -0.05) is 19.8 Å². The van der Waals surface area contributed by atoms with Gasteiger partial charge in [-0.2, -0.15) is 0 Å². The van der Waals surface area contributed by atoms with Crippen LogP contribution in [0, 0.1) is 12.8 Å². The van der Waals surface area contributed by atoms with E-state index in [4.69, 9.17) is 5.11 Å². The summed E-state index contributed by atoms with van der Waals surface area (Å²) >= 11 is 1.74. The number of pyridine rings is 1. The van der Waals surface area contributed by atoms with E-state index < -0.39 is 5.97 Å². The highest BCUT2D eigenvalue weighted by atomic mass is 32.2. The first-order valence-corrected chi connectivity index (χ1v) is 7.31. The average Bonchev–Trinajstić information content (AvgIpc) is 2.28. The predicted molar refractivity (Wildman–Crippen MR) is 73.2 cm³/mol. The fourth-order valence-electron chi connectivity index (χ4n) is 2.48. The van der Waals surface area contributed by atoms with E-state index in [-0.39, 0.29) is 0 Å². The summed E-state index contributed by atoms with van der Waals surface area (Å²) in [5.41, 5.74) is 1.12. The molecule has 1 aliphatic carbocycles. The van der Waals surface area contributed by atoms with Crippen LogP contribution in [0.1, 0.15) is 48.7 Å². The molecule has 0 spiro atoms. The summed E-state index contributed by atoms with van der Waals surface area (Å²) in [7, 11) is 0.